The van der Waals surface area contributed by atoms with Crippen LogP contribution in [0.25, 0.3) is 11.3 Å². The average Bonchev–Trinajstić information content (AvgIpc) is 2.28. The molecule has 0 atom stereocenters. The molecule has 0 aliphatic carbocycles. The third-order valence-electron chi connectivity index (χ3n) is 2.72. The van der Waals surface area contributed by atoms with Gasteiger partial charge in [0.25, 0.3) is 5.56 Å². The van der Waals surface area contributed by atoms with E-state index >= 15 is 0 Å². The predicted molar refractivity (Wildman–Crippen MR) is 71.2 cm³/mol. The number of phenolic OH excluding ortho intramolecular Hbond substituents is 1. The summed E-state index contributed by atoms with van der Waals surface area (Å²) < 4.78 is 2.36. The van der Waals surface area contributed by atoms with Gasteiger partial charge >= 0.3 is 0 Å². The van der Waals surface area contributed by atoms with Crippen LogP contribution in [0.4, 0.5) is 0 Å². The van der Waals surface area contributed by atoms with Crippen molar-refractivity contribution in [1.82, 2.24) is 4.57 Å². The SMILES string of the molecule is Cc1ccc(-c2ccc(O)cc2Br)n(C)c1=O. The summed E-state index contributed by atoms with van der Waals surface area (Å²) >= 11 is 3.39. The van der Waals surface area contributed by atoms with Crippen LogP contribution in [-0.2, 0) is 7.05 Å². The number of hydrogen-bond donors (Lipinski definition) is 1. The molecule has 0 spiro atoms. The van der Waals surface area contributed by atoms with Gasteiger partial charge < -0.3 is 9.67 Å². The van der Waals surface area contributed by atoms with Crippen LogP contribution in [-0.4, -0.2) is 9.67 Å². The summed E-state index contributed by atoms with van der Waals surface area (Å²) in [5, 5.41) is 9.35. The van der Waals surface area contributed by atoms with E-state index in [2.05, 4.69) is 15.9 Å². The van der Waals surface area contributed by atoms with E-state index in [0.29, 0.717) is 5.56 Å². The van der Waals surface area contributed by atoms with Gasteiger partial charge in [0.2, 0.25) is 0 Å². The van der Waals surface area contributed by atoms with E-state index in [1.54, 1.807) is 42.8 Å². The quantitative estimate of drug-likeness (QED) is 0.878. The molecule has 0 unspecified atom stereocenters. The van der Waals surface area contributed by atoms with E-state index in [-0.39, 0.29) is 11.3 Å². The molecular formula is C13H12BrNO2. The van der Waals surface area contributed by atoms with Crippen molar-refractivity contribution in [3.05, 3.63) is 50.7 Å². The average molecular weight is 294 g/mol. The Hall–Kier alpha value is -1.55. The molecule has 1 aromatic carbocycles. The molecule has 1 heterocycles. The first-order valence-electron chi connectivity index (χ1n) is 5.16. The van der Waals surface area contributed by atoms with Crippen LogP contribution >= 0.6 is 15.9 Å². The minimum Gasteiger partial charge on any atom is -0.508 e. The van der Waals surface area contributed by atoms with Crippen LogP contribution in [0.3, 0.4) is 0 Å². The van der Waals surface area contributed by atoms with Crippen molar-refractivity contribution in [2.24, 2.45) is 7.05 Å². The standard InChI is InChI=1S/C13H12BrNO2/c1-8-3-6-12(15(2)13(8)17)10-5-4-9(16)7-11(10)14/h3-7,16H,1-2H3. The van der Waals surface area contributed by atoms with Crippen molar-refractivity contribution in [1.29, 1.82) is 0 Å². The third-order valence-corrected chi connectivity index (χ3v) is 3.38. The van der Waals surface area contributed by atoms with Gasteiger partial charge in [-0.3, -0.25) is 4.79 Å². The van der Waals surface area contributed by atoms with Gasteiger partial charge in [-0.25, -0.2) is 0 Å². The van der Waals surface area contributed by atoms with Crippen LogP contribution in [0.15, 0.2) is 39.6 Å². The fraction of sp³-hybridized carbons (Fsp3) is 0.154. The molecular weight excluding hydrogens is 282 g/mol. The summed E-state index contributed by atoms with van der Waals surface area (Å²) in [4.78, 5) is 11.8. The topological polar surface area (TPSA) is 42.2 Å². The number of benzene rings is 1. The lowest BCUT2D eigenvalue weighted by molar-refractivity contribution is 0.475. The molecule has 0 saturated carbocycles. The van der Waals surface area contributed by atoms with Crippen LogP contribution in [0.5, 0.6) is 5.75 Å². The van der Waals surface area contributed by atoms with Crippen molar-refractivity contribution >= 4 is 15.9 Å². The van der Waals surface area contributed by atoms with E-state index in [4.69, 9.17) is 0 Å². The van der Waals surface area contributed by atoms with E-state index in [0.717, 1.165) is 15.7 Å². The normalized spacial score (nSPS) is 10.5. The number of aromatic nitrogens is 1. The number of aromatic hydroxyl groups is 1. The summed E-state index contributed by atoms with van der Waals surface area (Å²) in [6.07, 6.45) is 0. The highest BCUT2D eigenvalue weighted by Crippen LogP contribution is 2.30. The molecule has 4 heteroatoms. The zero-order valence-electron chi connectivity index (χ0n) is 9.57. The van der Waals surface area contributed by atoms with E-state index in [1.165, 1.54) is 0 Å². The molecule has 0 aliphatic rings. The number of aryl methyl sites for hydroxylation is 1. The van der Waals surface area contributed by atoms with Crippen molar-refractivity contribution in [2.75, 3.05) is 0 Å². The van der Waals surface area contributed by atoms with Gasteiger partial charge in [0, 0.05) is 22.6 Å². The number of halogens is 1. The Morgan fingerprint density at radius 1 is 1.24 bits per heavy atom. The molecule has 2 rings (SSSR count). The lowest BCUT2D eigenvalue weighted by Crippen LogP contribution is -2.20. The third kappa shape index (κ3) is 2.13. The lowest BCUT2D eigenvalue weighted by atomic mass is 10.1. The van der Waals surface area contributed by atoms with Gasteiger partial charge in [0.05, 0.1) is 5.69 Å². The molecule has 1 aromatic heterocycles. The Bertz CT molecular complexity index is 632. The van der Waals surface area contributed by atoms with Crippen molar-refractivity contribution in [3.63, 3.8) is 0 Å². The highest BCUT2D eigenvalue weighted by atomic mass is 79.9. The molecule has 0 fully saturated rings. The summed E-state index contributed by atoms with van der Waals surface area (Å²) in [5.41, 5.74) is 2.39. The van der Waals surface area contributed by atoms with Gasteiger partial charge in [0.1, 0.15) is 5.75 Å². The molecule has 0 amide bonds. The summed E-state index contributed by atoms with van der Waals surface area (Å²) in [6, 6.07) is 8.69. The first-order chi connectivity index (χ1) is 8.00. The maximum Gasteiger partial charge on any atom is 0.253 e. The highest BCUT2D eigenvalue weighted by Gasteiger charge is 2.08. The summed E-state index contributed by atoms with van der Waals surface area (Å²) in [7, 11) is 1.74. The molecule has 0 saturated heterocycles. The molecule has 88 valence electrons. The van der Waals surface area contributed by atoms with E-state index in [1.807, 2.05) is 6.07 Å². The molecule has 0 radical (unpaired) electrons. The molecule has 2 aromatic rings. The van der Waals surface area contributed by atoms with Crippen molar-refractivity contribution < 1.29 is 5.11 Å². The fourth-order valence-corrected chi connectivity index (χ4v) is 2.31. The summed E-state index contributed by atoms with van der Waals surface area (Å²) in [6.45, 7) is 1.79. The number of pyridine rings is 1. The van der Waals surface area contributed by atoms with Crippen molar-refractivity contribution in [2.45, 2.75) is 6.92 Å². The Balaban J connectivity index is 2.69. The number of nitrogens with zero attached hydrogens (tertiary/aromatic N) is 1. The van der Waals surface area contributed by atoms with E-state index in [9.17, 15) is 9.90 Å². The van der Waals surface area contributed by atoms with Gasteiger partial charge in [-0.1, -0.05) is 6.07 Å². The molecule has 1 N–H and O–H groups in total. The number of phenols is 1. The lowest BCUT2D eigenvalue weighted by Gasteiger charge is -2.11. The highest BCUT2D eigenvalue weighted by molar-refractivity contribution is 9.10. The molecule has 3 nitrogen and oxygen atoms in total. The fourth-order valence-electron chi connectivity index (χ4n) is 1.74. The Labute approximate surface area is 107 Å². The summed E-state index contributed by atoms with van der Waals surface area (Å²) in [5.74, 6) is 0.192. The van der Waals surface area contributed by atoms with Gasteiger partial charge in [0.15, 0.2) is 0 Å². The van der Waals surface area contributed by atoms with Gasteiger partial charge in [-0.2, -0.15) is 0 Å². The minimum absolute atomic E-state index is 0.0116. The Morgan fingerprint density at radius 2 is 1.94 bits per heavy atom. The molecule has 0 bridgehead atoms. The zero-order chi connectivity index (χ0) is 12.6. The Morgan fingerprint density at radius 3 is 2.59 bits per heavy atom. The number of hydrogen-bond acceptors (Lipinski definition) is 2. The zero-order valence-corrected chi connectivity index (χ0v) is 11.2. The minimum atomic E-state index is -0.0116. The largest absolute Gasteiger partial charge is 0.508 e. The second-order valence-corrected chi connectivity index (χ2v) is 4.78. The van der Waals surface area contributed by atoms with Crippen LogP contribution in [0, 0.1) is 6.92 Å². The number of rotatable bonds is 1. The van der Waals surface area contributed by atoms with Crippen LogP contribution in [0.2, 0.25) is 0 Å². The Kier molecular flexibility index (Phi) is 3.07. The van der Waals surface area contributed by atoms with Gasteiger partial charge in [-0.05, 0) is 47.1 Å². The first-order valence-corrected chi connectivity index (χ1v) is 5.95. The predicted octanol–water partition coefficient (Wildman–Crippen LogP) is 2.83. The molecule has 0 aliphatic heterocycles. The maximum absolute atomic E-state index is 11.8. The second-order valence-electron chi connectivity index (χ2n) is 3.93. The van der Waals surface area contributed by atoms with Gasteiger partial charge in [-0.15, -0.1) is 0 Å². The van der Waals surface area contributed by atoms with Crippen molar-refractivity contribution in [3.8, 4) is 17.0 Å². The first kappa shape index (κ1) is 11.9. The van der Waals surface area contributed by atoms with E-state index < -0.39 is 0 Å². The van der Waals surface area contributed by atoms with Crippen LogP contribution < -0.4 is 5.56 Å². The second kappa shape index (κ2) is 4.37. The molecule has 17 heavy (non-hydrogen) atoms. The van der Waals surface area contributed by atoms with Crippen LogP contribution in [0.1, 0.15) is 5.56 Å². The smallest absolute Gasteiger partial charge is 0.253 e. The maximum atomic E-state index is 11.8. The monoisotopic (exact) mass is 293 g/mol.